The maximum Gasteiger partial charge on any atom is 0.392 e. The van der Waals surface area contributed by atoms with Gasteiger partial charge in [0, 0.05) is 70.9 Å². The highest BCUT2D eigenvalue weighted by molar-refractivity contribution is 7.55. The summed E-state index contributed by atoms with van der Waals surface area (Å²) in [6, 6.07) is -1.08. The molecule has 13 heteroatoms. The van der Waals surface area contributed by atoms with E-state index < -0.39 is 19.7 Å². The number of guanidine groups is 1. The van der Waals surface area contributed by atoms with Crippen LogP contribution in [-0.2, 0) is 23.3 Å². The summed E-state index contributed by atoms with van der Waals surface area (Å²) in [6.45, 7) is 16.2. The van der Waals surface area contributed by atoms with Crippen LogP contribution < -0.4 is 0 Å². The van der Waals surface area contributed by atoms with Gasteiger partial charge in [-0.25, -0.2) is 9.24 Å². The van der Waals surface area contributed by atoms with E-state index in [0.717, 1.165) is 13.1 Å². The molecule has 3 aliphatic rings. The summed E-state index contributed by atoms with van der Waals surface area (Å²) in [5.41, 5.74) is -0.405. The van der Waals surface area contributed by atoms with Gasteiger partial charge in [0.15, 0.2) is 0 Å². The number of rotatable bonds is 7. The maximum absolute atomic E-state index is 14.5. The van der Waals surface area contributed by atoms with Crippen LogP contribution in [0.5, 0.6) is 0 Å². The van der Waals surface area contributed by atoms with Crippen molar-refractivity contribution in [1.29, 1.82) is 0 Å². The highest BCUT2D eigenvalue weighted by atomic mass is 31.2. The molecule has 3 fully saturated rings. The van der Waals surface area contributed by atoms with Crippen LogP contribution >= 0.6 is 7.67 Å². The van der Waals surface area contributed by atoms with E-state index in [-0.39, 0.29) is 36.5 Å². The summed E-state index contributed by atoms with van der Waals surface area (Å²) in [7, 11) is 12.5. The molecule has 202 valence electrons. The Balaban J connectivity index is 1.81. The standard InChI is InChI=1S/C23H44B2N5O5P/c1-22(2,3)29-11-17(34-19(24)13-29)16-33-36(31,26-21-27(7)9-10-28(21)8)30-12-18(35-20(25)14-30)15-32-23(4,5)6/h17-20H,9-16H2,1-8H3/t17?,18?,19-,20-,36?/m1/s1. The Kier molecular flexibility index (Phi) is 9.68. The molecule has 0 saturated carbocycles. The van der Waals surface area contributed by atoms with E-state index in [9.17, 15) is 4.57 Å². The van der Waals surface area contributed by atoms with Gasteiger partial charge in [-0.1, -0.05) is 0 Å². The van der Waals surface area contributed by atoms with E-state index in [0.29, 0.717) is 32.2 Å². The number of hydrogen-bond donors (Lipinski definition) is 0. The van der Waals surface area contributed by atoms with Crippen molar-refractivity contribution in [3.63, 3.8) is 0 Å². The summed E-state index contributed by atoms with van der Waals surface area (Å²) < 4.78 is 44.9. The van der Waals surface area contributed by atoms with Gasteiger partial charge in [0.2, 0.25) is 5.96 Å². The van der Waals surface area contributed by atoms with Gasteiger partial charge in [0.05, 0.1) is 31.0 Å². The molecule has 0 bridgehead atoms. The van der Waals surface area contributed by atoms with Crippen molar-refractivity contribution in [2.24, 2.45) is 4.76 Å². The van der Waals surface area contributed by atoms with Crippen LogP contribution in [0.15, 0.2) is 4.76 Å². The topological polar surface area (TPSA) is 79.3 Å². The lowest BCUT2D eigenvalue weighted by molar-refractivity contribution is -0.106. The SMILES string of the molecule is [B][C@H]1CN(C(C)(C)C)CC(COP(=O)(N=C2N(C)CCN2C)N2CC(COC(C)(C)C)O[C@@H]([B])C2)O1. The first-order valence-corrected chi connectivity index (χ1v) is 14.3. The lowest BCUT2D eigenvalue weighted by Gasteiger charge is -2.45. The molecule has 3 unspecified atom stereocenters. The number of ether oxygens (including phenoxy) is 3. The Labute approximate surface area is 220 Å². The van der Waals surface area contributed by atoms with E-state index in [2.05, 4.69) is 25.7 Å². The van der Waals surface area contributed by atoms with Crippen molar-refractivity contribution in [3.8, 4) is 0 Å². The first-order chi connectivity index (χ1) is 16.6. The van der Waals surface area contributed by atoms with E-state index in [1.165, 1.54) is 0 Å². The minimum absolute atomic E-state index is 0.0733. The van der Waals surface area contributed by atoms with Crippen LogP contribution in [0, 0.1) is 0 Å². The molecule has 3 heterocycles. The fourth-order valence-corrected chi connectivity index (χ4v) is 6.41. The Hall–Kier alpha value is -0.610. The zero-order valence-corrected chi connectivity index (χ0v) is 24.2. The van der Waals surface area contributed by atoms with Crippen LogP contribution in [0.3, 0.4) is 0 Å². The molecule has 0 spiro atoms. The number of morpholine rings is 2. The minimum atomic E-state index is -3.72. The zero-order valence-electron chi connectivity index (χ0n) is 23.3. The molecule has 0 aliphatic carbocycles. The van der Waals surface area contributed by atoms with Gasteiger partial charge in [-0.2, -0.15) is 4.76 Å². The van der Waals surface area contributed by atoms with E-state index in [1.807, 2.05) is 44.7 Å². The molecule has 4 radical (unpaired) electrons. The maximum atomic E-state index is 14.5. The van der Waals surface area contributed by atoms with Crippen molar-refractivity contribution in [2.75, 3.05) is 66.6 Å². The van der Waals surface area contributed by atoms with Gasteiger partial charge in [0.1, 0.15) is 15.7 Å². The van der Waals surface area contributed by atoms with Gasteiger partial charge in [-0.15, -0.1) is 0 Å². The summed E-state index contributed by atoms with van der Waals surface area (Å²) in [5, 5.41) is 0. The summed E-state index contributed by atoms with van der Waals surface area (Å²) >= 11 is 0. The van der Waals surface area contributed by atoms with Gasteiger partial charge in [-0.3, -0.25) is 9.42 Å². The molecule has 0 N–H and O–H groups in total. The van der Waals surface area contributed by atoms with Crippen LogP contribution in [0.1, 0.15) is 41.5 Å². The molecule has 0 aromatic heterocycles. The molecule has 0 aromatic carbocycles. The van der Waals surface area contributed by atoms with Gasteiger partial charge < -0.3 is 24.0 Å². The molecule has 5 atom stereocenters. The predicted octanol–water partition coefficient (Wildman–Crippen LogP) is 1.35. The molecule has 36 heavy (non-hydrogen) atoms. The third-order valence-electron chi connectivity index (χ3n) is 6.47. The first kappa shape index (κ1) is 29.9. The van der Waals surface area contributed by atoms with Crippen molar-refractivity contribution in [2.45, 2.75) is 76.9 Å². The van der Waals surface area contributed by atoms with Gasteiger partial charge in [-0.05, 0) is 41.5 Å². The minimum Gasteiger partial charge on any atom is -0.380 e. The molecule has 10 nitrogen and oxygen atoms in total. The third kappa shape index (κ3) is 8.19. The highest BCUT2D eigenvalue weighted by Crippen LogP contribution is 2.54. The quantitative estimate of drug-likeness (QED) is 0.363. The lowest BCUT2D eigenvalue weighted by atomic mass is 9.94. The van der Waals surface area contributed by atoms with E-state index >= 15 is 0 Å². The monoisotopic (exact) mass is 523 g/mol. The average molecular weight is 523 g/mol. The van der Waals surface area contributed by atoms with Crippen molar-refractivity contribution in [1.82, 2.24) is 19.4 Å². The fourth-order valence-electron chi connectivity index (χ4n) is 4.41. The lowest BCUT2D eigenvalue weighted by Crippen LogP contribution is -2.56. The Morgan fingerprint density at radius 2 is 1.47 bits per heavy atom. The third-order valence-corrected chi connectivity index (χ3v) is 8.43. The first-order valence-electron chi connectivity index (χ1n) is 12.8. The highest BCUT2D eigenvalue weighted by Gasteiger charge is 2.42. The second-order valence-corrected chi connectivity index (χ2v) is 14.0. The molecule has 0 amide bonds. The molecular weight excluding hydrogens is 479 g/mol. The Bertz CT molecular complexity index is 812. The Morgan fingerprint density at radius 3 is 2.03 bits per heavy atom. The molecular formula is C23H44B2N5O5P. The summed E-state index contributed by atoms with van der Waals surface area (Å²) in [4.78, 5) is 6.21. The van der Waals surface area contributed by atoms with Crippen LogP contribution in [-0.4, -0.2) is 143 Å². The predicted molar refractivity (Wildman–Crippen MR) is 144 cm³/mol. The van der Waals surface area contributed by atoms with E-state index in [4.69, 9.17) is 39.2 Å². The largest absolute Gasteiger partial charge is 0.392 e. The molecule has 3 aliphatic heterocycles. The Morgan fingerprint density at radius 1 is 0.917 bits per heavy atom. The molecule has 0 aromatic rings. The fraction of sp³-hybridized carbons (Fsp3) is 0.957. The smallest absolute Gasteiger partial charge is 0.380 e. The van der Waals surface area contributed by atoms with Crippen LogP contribution in [0.25, 0.3) is 0 Å². The normalized spacial score (nSPS) is 31.1. The number of likely N-dealkylation sites (N-methyl/N-ethyl adjacent to an activating group) is 2. The molecule has 3 rings (SSSR count). The number of hydrogen-bond acceptors (Lipinski definition) is 6. The van der Waals surface area contributed by atoms with Crippen molar-refractivity contribution < 1.29 is 23.3 Å². The van der Waals surface area contributed by atoms with Crippen molar-refractivity contribution >= 4 is 29.3 Å². The second kappa shape index (κ2) is 11.6. The van der Waals surface area contributed by atoms with E-state index in [1.54, 1.807) is 4.67 Å². The zero-order chi connectivity index (χ0) is 26.9. The van der Waals surface area contributed by atoms with Gasteiger partial charge >= 0.3 is 7.67 Å². The number of nitrogens with zero attached hydrogens (tertiary/aromatic N) is 5. The average Bonchev–Trinajstić information content (AvgIpc) is 3.06. The second-order valence-electron chi connectivity index (χ2n) is 12.0. The van der Waals surface area contributed by atoms with Crippen LogP contribution in [0.2, 0.25) is 0 Å². The summed E-state index contributed by atoms with van der Waals surface area (Å²) in [6.07, 6.45) is -0.699. The van der Waals surface area contributed by atoms with Gasteiger partial charge in [0.25, 0.3) is 0 Å². The summed E-state index contributed by atoms with van der Waals surface area (Å²) in [5.74, 6) is 0.624. The van der Waals surface area contributed by atoms with Crippen molar-refractivity contribution in [3.05, 3.63) is 0 Å². The van der Waals surface area contributed by atoms with Crippen LogP contribution in [0.4, 0.5) is 0 Å². The molecule has 3 saturated heterocycles.